The van der Waals surface area contributed by atoms with E-state index in [1.54, 1.807) is 19.1 Å². The number of sulfonamides is 1. The van der Waals surface area contributed by atoms with Crippen molar-refractivity contribution in [1.82, 2.24) is 5.16 Å². The van der Waals surface area contributed by atoms with Crippen LogP contribution in [0.1, 0.15) is 36.4 Å². The van der Waals surface area contributed by atoms with Gasteiger partial charge in [0, 0.05) is 6.54 Å². The van der Waals surface area contributed by atoms with Crippen molar-refractivity contribution >= 4 is 15.7 Å². The van der Waals surface area contributed by atoms with Gasteiger partial charge in [-0.3, -0.25) is 4.31 Å². The first kappa shape index (κ1) is 22.8. The largest absolute Gasteiger partial charge is 0.489 e. The molecule has 8 heteroatoms. The molecule has 0 fully saturated rings. The number of aryl methyl sites for hydroxylation is 3. The fourth-order valence-electron chi connectivity index (χ4n) is 3.25. The molecule has 0 N–H and O–H groups in total. The van der Waals surface area contributed by atoms with E-state index in [2.05, 4.69) is 5.16 Å². The Morgan fingerprint density at radius 2 is 1.77 bits per heavy atom. The minimum atomic E-state index is -3.84. The Morgan fingerprint density at radius 1 is 1.10 bits per heavy atom. The fraction of sp³-hybridized carbons (Fsp3) is 0.348. The second-order valence-electron chi connectivity index (χ2n) is 7.92. The van der Waals surface area contributed by atoms with Crippen LogP contribution in [0.5, 0.6) is 5.75 Å². The van der Waals surface area contributed by atoms with E-state index in [4.69, 9.17) is 9.26 Å². The van der Waals surface area contributed by atoms with Crippen LogP contribution in [0, 0.1) is 32.5 Å². The van der Waals surface area contributed by atoms with Gasteiger partial charge in [-0.1, -0.05) is 19.0 Å². The van der Waals surface area contributed by atoms with Gasteiger partial charge in [-0.15, -0.1) is 0 Å². The Balaban J connectivity index is 1.86. The average Bonchev–Trinajstić information content (AvgIpc) is 3.02. The smallest absolute Gasteiger partial charge is 0.264 e. The van der Waals surface area contributed by atoms with Crippen LogP contribution in [0.4, 0.5) is 10.1 Å². The molecule has 0 aliphatic rings. The Labute approximate surface area is 182 Å². The number of ether oxygens (including phenoxy) is 1. The van der Waals surface area contributed by atoms with Crippen LogP contribution >= 0.6 is 0 Å². The summed E-state index contributed by atoms with van der Waals surface area (Å²) in [5, 5.41) is 3.90. The predicted molar refractivity (Wildman–Crippen MR) is 117 cm³/mol. The van der Waals surface area contributed by atoms with E-state index in [0.717, 1.165) is 11.3 Å². The second kappa shape index (κ2) is 9.09. The van der Waals surface area contributed by atoms with Crippen molar-refractivity contribution in [1.29, 1.82) is 0 Å². The Morgan fingerprint density at radius 3 is 2.32 bits per heavy atom. The van der Waals surface area contributed by atoms with E-state index in [9.17, 15) is 12.8 Å². The number of halogens is 1. The highest BCUT2D eigenvalue weighted by molar-refractivity contribution is 7.92. The molecule has 0 spiro atoms. The normalized spacial score (nSPS) is 11.7. The van der Waals surface area contributed by atoms with E-state index < -0.39 is 15.8 Å². The summed E-state index contributed by atoms with van der Waals surface area (Å²) in [6.45, 7) is 9.79. The fourth-order valence-corrected chi connectivity index (χ4v) is 4.95. The maximum Gasteiger partial charge on any atom is 0.264 e. The lowest BCUT2D eigenvalue weighted by atomic mass is 10.1. The van der Waals surface area contributed by atoms with Crippen molar-refractivity contribution < 1.29 is 22.1 Å². The topological polar surface area (TPSA) is 72.6 Å². The molecule has 3 rings (SSSR count). The van der Waals surface area contributed by atoms with Crippen molar-refractivity contribution in [3.63, 3.8) is 0 Å². The van der Waals surface area contributed by atoms with E-state index >= 15 is 0 Å². The van der Waals surface area contributed by atoms with Crippen LogP contribution in [0.25, 0.3) is 0 Å². The first-order valence-corrected chi connectivity index (χ1v) is 11.5. The summed E-state index contributed by atoms with van der Waals surface area (Å²) in [6.07, 6.45) is 0. The van der Waals surface area contributed by atoms with Gasteiger partial charge in [0.15, 0.2) is 0 Å². The number of anilines is 1. The third-order valence-electron chi connectivity index (χ3n) is 4.93. The quantitative estimate of drug-likeness (QED) is 0.477. The van der Waals surface area contributed by atoms with Crippen molar-refractivity contribution in [3.8, 4) is 5.75 Å². The first-order chi connectivity index (χ1) is 14.6. The van der Waals surface area contributed by atoms with Gasteiger partial charge in [0.1, 0.15) is 23.9 Å². The molecule has 0 aliphatic carbocycles. The third kappa shape index (κ3) is 5.07. The number of nitrogens with zero attached hydrogens (tertiary/aromatic N) is 2. The molecule has 0 bridgehead atoms. The van der Waals surface area contributed by atoms with Crippen molar-refractivity contribution in [2.75, 3.05) is 10.8 Å². The summed E-state index contributed by atoms with van der Waals surface area (Å²) >= 11 is 0. The molecule has 2 aromatic carbocycles. The van der Waals surface area contributed by atoms with E-state index in [1.165, 1.54) is 34.6 Å². The van der Waals surface area contributed by atoms with E-state index in [1.807, 2.05) is 27.7 Å². The number of benzene rings is 2. The van der Waals surface area contributed by atoms with E-state index in [-0.39, 0.29) is 24.0 Å². The van der Waals surface area contributed by atoms with Crippen molar-refractivity contribution in [2.45, 2.75) is 46.1 Å². The molecule has 0 atom stereocenters. The number of hydrogen-bond acceptors (Lipinski definition) is 5. The van der Waals surface area contributed by atoms with Gasteiger partial charge in [-0.05, 0) is 74.7 Å². The number of rotatable bonds is 8. The third-order valence-corrected chi connectivity index (χ3v) is 6.73. The highest BCUT2D eigenvalue weighted by atomic mass is 32.2. The molecular formula is C23H27FN2O4S. The molecule has 1 aromatic heterocycles. The SMILES string of the molecule is Cc1cc(F)ccc1N(CC(C)C)S(=O)(=O)c1ccc(OCc2c(C)noc2C)cc1. The molecular weight excluding hydrogens is 419 g/mol. The van der Waals surface area contributed by atoms with Gasteiger partial charge in [0.25, 0.3) is 10.0 Å². The molecule has 1 heterocycles. The lowest BCUT2D eigenvalue weighted by Crippen LogP contribution is -2.34. The van der Waals surface area contributed by atoms with Crippen LogP contribution in [-0.2, 0) is 16.6 Å². The predicted octanol–water partition coefficient (Wildman–Crippen LogP) is 5.17. The van der Waals surface area contributed by atoms with Gasteiger partial charge in [0.05, 0.1) is 21.8 Å². The highest BCUT2D eigenvalue weighted by Crippen LogP contribution is 2.29. The van der Waals surface area contributed by atoms with Crippen LogP contribution in [0.3, 0.4) is 0 Å². The molecule has 6 nitrogen and oxygen atoms in total. The summed E-state index contributed by atoms with van der Waals surface area (Å²) < 4.78 is 52.7. The minimum absolute atomic E-state index is 0.0804. The zero-order valence-electron chi connectivity index (χ0n) is 18.3. The van der Waals surface area contributed by atoms with Crippen molar-refractivity contribution in [3.05, 3.63) is 70.9 Å². The van der Waals surface area contributed by atoms with Crippen molar-refractivity contribution in [2.24, 2.45) is 5.92 Å². The Hall–Kier alpha value is -2.87. The van der Waals surface area contributed by atoms with Crippen LogP contribution in [0.15, 0.2) is 51.9 Å². The maximum atomic E-state index is 13.6. The molecule has 0 unspecified atom stereocenters. The van der Waals surface area contributed by atoms with Gasteiger partial charge < -0.3 is 9.26 Å². The zero-order chi connectivity index (χ0) is 22.8. The highest BCUT2D eigenvalue weighted by Gasteiger charge is 2.27. The molecule has 0 aliphatic heterocycles. The lowest BCUT2D eigenvalue weighted by Gasteiger charge is -2.27. The molecule has 0 saturated heterocycles. The van der Waals surface area contributed by atoms with Gasteiger partial charge in [0.2, 0.25) is 0 Å². The summed E-state index contributed by atoms with van der Waals surface area (Å²) in [6, 6.07) is 10.4. The lowest BCUT2D eigenvalue weighted by molar-refractivity contribution is 0.301. The monoisotopic (exact) mass is 446 g/mol. The minimum Gasteiger partial charge on any atom is -0.489 e. The molecule has 166 valence electrons. The molecule has 0 amide bonds. The average molecular weight is 447 g/mol. The summed E-state index contributed by atoms with van der Waals surface area (Å²) in [5.74, 6) is 0.905. The molecule has 31 heavy (non-hydrogen) atoms. The van der Waals surface area contributed by atoms with E-state index in [0.29, 0.717) is 22.8 Å². The second-order valence-corrected chi connectivity index (χ2v) is 9.79. The van der Waals surface area contributed by atoms with Crippen LogP contribution in [-0.4, -0.2) is 20.1 Å². The maximum absolute atomic E-state index is 13.6. The van der Waals surface area contributed by atoms with Crippen LogP contribution < -0.4 is 9.04 Å². The van der Waals surface area contributed by atoms with Crippen LogP contribution in [0.2, 0.25) is 0 Å². The number of aromatic nitrogens is 1. The zero-order valence-corrected chi connectivity index (χ0v) is 19.2. The molecule has 3 aromatic rings. The number of hydrogen-bond donors (Lipinski definition) is 0. The summed E-state index contributed by atoms with van der Waals surface area (Å²) in [7, 11) is -3.84. The Bertz CT molecular complexity index is 1140. The van der Waals surface area contributed by atoms with Gasteiger partial charge in [-0.25, -0.2) is 12.8 Å². The summed E-state index contributed by atoms with van der Waals surface area (Å²) in [5.41, 5.74) is 2.65. The van der Waals surface area contributed by atoms with Gasteiger partial charge in [-0.2, -0.15) is 0 Å². The standard InChI is InChI=1S/C23H27FN2O4S/c1-15(2)13-26(23-11-6-19(24)12-16(23)3)31(27,28)21-9-7-20(8-10-21)29-14-22-17(4)25-30-18(22)5/h6-12,15H,13-14H2,1-5H3. The Kier molecular flexibility index (Phi) is 6.69. The molecule has 0 radical (unpaired) electrons. The first-order valence-electron chi connectivity index (χ1n) is 10.0. The van der Waals surface area contributed by atoms with Gasteiger partial charge >= 0.3 is 0 Å². The molecule has 0 saturated carbocycles. The summed E-state index contributed by atoms with van der Waals surface area (Å²) in [4.78, 5) is 0.140.